The monoisotopic (exact) mass is 1480 g/mol. The summed E-state index contributed by atoms with van der Waals surface area (Å²) in [6.07, 6.45) is 0. The normalized spacial score (nSPS) is 13.2. The lowest BCUT2D eigenvalue weighted by atomic mass is 9.89. The van der Waals surface area contributed by atoms with Gasteiger partial charge < -0.3 is 9.47 Å². The zero-order valence-corrected chi connectivity index (χ0v) is 62.8. The first-order chi connectivity index (χ1) is 57.3. The fourth-order valence-corrected chi connectivity index (χ4v) is 15.4. The quantitative estimate of drug-likeness (QED) is 0.0902. The van der Waals surface area contributed by atoms with Crippen LogP contribution in [0.15, 0.2) is 413 Å². The zero-order valence-electron chi connectivity index (χ0n) is 62.8. The van der Waals surface area contributed by atoms with Crippen LogP contribution in [0.25, 0.3) is 66.9 Å². The summed E-state index contributed by atoms with van der Waals surface area (Å²) in [5.41, 5.74) is 23.6. The van der Waals surface area contributed by atoms with Crippen LogP contribution in [0.4, 0.5) is 0 Å². The molecule has 0 fully saturated rings. The van der Waals surface area contributed by atoms with Gasteiger partial charge in [0.15, 0.2) is 17.3 Å². The lowest BCUT2D eigenvalue weighted by Gasteiger charge is -2.16. The summed E-state index contributed by atoms with van der Waals surface area (Å²) in [5, 5.41) is 0. The molecule has 542 valence electrons. The second kappa shape index (κ2) is 32.5. The third kappa shape index (κ3) is 14.9. The first-order valence-electron chi connectivity index (χ1n) is 38.5. The predicted molar refractivity (Wildman–Crippen MR) is 471 cm³/mol. The standard InChI is InChI=1S/C111H68O5/c112-109-103(83-35-19-6-20-36-83)99(97(81-31-15-4-16-32-81)106(109)90-53-47-78(48-54-90)44-41-75-25-9-1-10-26-75)86-59-67-93(68-60-86)115-95-71-63-88(64-72-95)101-102(108(111(114)105(101)85-39-23-8-24-40-85)92-57-51-80(52-58-92)46-43-77-29-13-3-14-30-77)89-65-73-96(74-66-89)116-94-69-61-87(62-70-94)100-98(82-33-17-5-18-34-82)107(110(113)104(100)84-37-21-7-22-38-84)91-55-49-79(50-56-91)45-42-76-27-11-2-12-28-76/h1-40,47-74H. The highest BCUT2D eigenvalue weighted by molar-refractivity contribution is 6.61. The first-order valence-corrected chi connectivity index (χ1v) is 38.5. The fourth-order valence-electron chi connectivity index (χ4n) is 15.4. The summed E-state index contributed by atoms with van der Waals surface area (Å²) in [5.74, 6) is 21.8. The second-order valence-corrected chi connectivity index (χ2v) is 28.2. The van der Waals surface area contributed by atoms with Crippen molar-refractivity contribution < 1.29 is 23.9 Å². The number of benzene rings is 15. The summed E-state index contributed by atoms with van der Waals surface area (Å²) < 4.78 is 13.5. The summed E-state index contributed by atoms with van der Waals surface area (Å²) in [6, 6.07) is 135. The highest BCUT2D eigenvalue weighted by atomic mass is 16.5. The maximum atomic E-state index is 15.9. The van der Waals surface area contributed by atoms with Crippen molar-refractivity contribution in [3.8, 4) is 58.5 Å². The minimum atomic E-state index is -0.117. The van der Waals surface area contributed by atoms with Crippen LogP contribution in [0.1, 0.15) is 100 Å². The molecule has 0 bridgehead atoms. The van der Waals surface area contributed by atoms with Crippen molar-refractivity contribution in [2.45, 2.75) is 0 Å². The Morgan fingerprint density at radius 3 is 0.440 bits per heavy atom. The highest BCUT2D eigenvalue weighted by Gasteiger charge is 2.39. The number of ether oxygens (including phenoxy) is 2. The number of Topliss-reactive ketones (excluding diaryl/α,β-unsaturated/α-hetero) is 3. The third-order valence-corrected chi connectivity index (χ3v) is 20.9. The Bertz CT molecular complexity index is 6690. The van der Waals surface area contributed by atoms with E-state index in [2.05, 4.69) is 59.8 Å². The fraction of sp³-hybridized carbons (Fsp3) is 0. The molecule has 0 saturated heterocycles. The van der Waals surface area contributed by atoms with E-state index in [1.807, 2.05) is 388 Å². The Morgan fingerprint density at radius 1 is 0.129 bits per heavy atom. The van der Waals surface area contributed by atoms with Crippen molar-refractivity contribution in [2.75, 3.05) is 0 Å². The molecule has 5 heteroatoms. The summed E-state index contributed by atoms with van der Waals surface area (Å²) >= 11 is 0. The van der Waals surface area contributed by atoms with Crippen LogP contribution in [-0.2, 0) is 14.4 Å². The number of hydrogen-bond acceptors (Lipinski definition) is 5. The summed E-state index contributed by atoms with van der Waals surface area (Å²) in [4.78, 5) is 46.5. The zero-order chi connectivity index (χ0) is 78.1. The minimum absolute atomic E-state index is 0.0624. The van der Waals surface area contributed by atoms with Gasteiger partial charge in [0, 0.05) is 100 Å². The molecular formula is C111H68O5. The van der Waals surface area contributed by atoms with Crippen LogP contribution < -0.4 is 9.47 Å². The molecule has 0 heterocycles. The molecule has 0 atom stereocenters. The maximum Gasteiger partial charge on any atom is 0.195 e. The molecule has 116 heavy (non-hydrogen) atoms. The molecule has 3 aliphatic carbocycles. The Balaban J connectivity index is 0.673. The van der Waals surface area contributed by atoms with E-state index in [1.165, 1.54) is 0 Å². The number of allylic oxidation sites excluding steroid dienone is 12. The van der Waals surface area contributed by atoms with Gasteiger partial charge in [-0.05, 0) is 188 Å². The molecule has 0 N–H and O–H groups in total. The van der Waals surface area contributed by atoms with Crippen molar-refractivity contribution in [1.82, 2.24) is 0 Å². The van der Waals surface area contributed by atoms with Crippen LogP contribution in [0.2, 0.25) is 0 Å². The third-order valence-electron chi connectivity index (χ3n) is 20.9. The Morgan fingerprint density at radius 2 is 0.259 bits per heavy atom. The molecule has 5 nitrogen and oxygen atoms in total. The predicted octanol–water partition coefficient (Wildman–Crippen LogP) is 24.8. The van der Waals surface area contributed by atoms with Crippen LogP contribution in [0.3, 0.4) is 0 Å². The Hall–Kier alpha value is -16.0. The van der Waals surface area contributed by atoms with Crippen molar-refractivity contribution in [2.24, 2.45) is 0 Å². The van der Waals surface area contributed by atoms with E-state index in [0.29, 0.717) is 56.4 Å². The van der Waals surface area contributed by atoms with Gasteiger partial charge in [-0.3, -0.25) is 14.4 Å². The van der Waals surface area contributed by atoms with Gasteiger partial charge in [0.2, 0.25) is 0 Å². The van der Waals surface area contributed by atoms with Crippen molar-refractivity contribution in [3.05, 3.63) is 513 Å². The molecule has 0 unspecified atom stereocenters. The van der Waals surface area contributed by atoms with Gasteiger partial charge in [-0.2, -0.15) is 0 Å². The molecule has 18 rings (SSSR count). The number of ketones is 3. The molecule has 0 saturated carbocycles. The lowest BCUT2D eigenvalue weighted by molar-refractivity contribution is -0.109. The van der Waals surface area contributed by atoms with E-state index in [0.717, 1.165) is 134 Å². The van der Waals surface area contributed by atoms with E-state index in [1.54, 1.807) is 0 Å². The van der Waals surface area contributed by atoms with Gasteiger partial charge in [0.25, 0.3) is 0 Å². The van der Waals surface area contributed by atoms with E-state index >= 15 is 14.4 Å². The maximum absolute atomic E-state index is 15.9. The molecule has 15 aromatic rings. The smallest absolute Gasteiger partial charge is 0.195 e. The number of hydrogen-bond donors (Lipinski definition) is 0. The van der Waals surface area contributed by atoms with Crippen LogP contribution in [0.5, 0.6) is 23.0 Å². The molecule has 15 aromatic carbocycles. The van der Waals surface area contributed by atoms with Gasteiger partial charge in [-0.25, -0.2) is 0 Å². The SMILES string of the molecule is O=C1C(c2ccc(C#Cc3ccccc3)cc2)=C(c2ccccc2)C(c2ccc(Oc3ccc(C4=C(c5ccccc5)C(=O)C(c5ccc(C#Cc6ccccc6)cc5)=C4c4ccc(Oc5ccc(C6=C(c7ccccc7)C(=O)C(c7ccc(C#Cc8ccccc8)cc7)=C6c6ccccc6)cc5)cc4)cc3)cc2)=C1c1ccccc1. The Labute approximate surface area is 674 Å². The molecule has 0 radical (unpaired) electrons. The van der Waals surface area contributed by atoms with Crippen molar-refractivity contribution in [3.63, 3.8) is 0 Å². The van der Waals surface area contributed by atoms with E-state index in [-0.39, 0.29) is 17.3 Å². The Kier molecular flexibility index (Phi) is 20.1. The summed E-state index contributed by atoms with van der Waals surface area (Å²) in [7, 11) is 0. The molecule has 0 aromatic heterocycles. The van der Waals surface area contributed by atoms with Gasteiger partial charge in [-0.1, -0.05) is 327 Å². The van der Waals surface area contributed by atoms with Crippen LogP contribution in [-0.4, -0.2) is 17.3 Å². The highest BCUT2D eigenvalue weighted by Crippen LogP contribution is 2.54. The van der Waals surface area contributed by atoms with Crippen LogP contribution in [0, 0.1) is 35.5 Å². The molecule has 0 spiro atoms. The van der Waals surface area contributed by atoms with Gasteiger partial charge in [-0.15, -0.1) is 0 Å². The second-order valence-electron chi connectivity index (χ2n) is 28.2. The van der Waals surface area contributed by atoms with E-state index < -0.39 is 0 Å². The van der Waals surface area contributed by atoms with Gasteiger partial charge >= 0.3 is 0 Å². The van der Waals surface area contributed by atoms with Gasteiger partial charge in [0.1, 0.15) is 23.0 Å². The minimum Gasteiger partial charge on any atom is -0.457 e. The molecule has 3 aliphatic rings. The molecule has 0 aliphatic heterocycles. The lowest BCUT2D eigenvalue weighted by Crippen LogP contribution is -2.02. The number of carbonyl (C=O) groups excluding carboxylic acids is 3. The van der Waals surface area contributed by atoms with E-state index in [9.17, 15) is 0 Å². The number of carbonyl (C=O) groups is 3. The number of rotatable bonds is 16. The first kappa shape index (κ1) is 71.6. The van der Waals surface area contributed by atoms with Crippen molar-refractivity contribution in [1.29, 1.82) is 0 Å². The van der Waals surface area contributed by atoms with Gasteiger partial charge in [0.05, 0.1) is 0 Å². The topological polar surface area (TPSA) is 69.7 Å². The average molecular weight is 1480 g/mol. The van der Waals surface area contributed by atoms with Crippen molar-refractivity contribution >= 4 is 84.2 Å². The summed E-state index contributed by atoms with van der Waals surface area (Å²) in [6.45, 7) is 0. The van der Waals surface area contributed by atoms with E-state index in [4.69, 9.17) is 9.47 Å². The largest absolute Gasteiger partial charge is 0.457 e. The van der Waals surface area contributed by atoms with Crippen LogP contribution >= 0.6 is 0 Å². The molecule has 0 amide bonds. The average Bonchev–Trinajstić information content (AvgIpc) is 1.60. The molecular weight excluding hydrogens is 1410 g/mol.